The summed E-state index contributed by atoms with van der Waals surface area (Å²) in [7, 11) is 0. The quantitative estimate of drug-likeness (QED) is 0.408. The Morgan fingerprint density at radius 2 is 1.88 bits per heavy atom. The molecule has 0 unspecified atom stereocenters. The van der Waals surface area contributed by atoms with E-state index in [-0.39, 0.29) is 11.9 Å². The van der Waals surface area contributed by atoms with Gasteiger partial charge in [0.05, 0.1) is 6.61 Å². The van der Waals surface area contributed by atoms with Crippen molar-refractivity contribution < 1.29 is 19.1 Å². The van der Waals surface area contributed by atoms with Crippen molar-refractivity contribution in [2.24, 2.45) is 0 Å². The molecule has 0 rings (SSSR count). The van der Waals surface area contributed by atoms with Crippen molar-refractivity contribution in [1.29, 1.82) is 0 Å². The Morgan fingerprint density at radius 1 is 1.24 bits per heavy atom. The highest BCUT2D eigenvalue weighted by Crippen LogP contribution is 2.07. The van der Waals surface area contributed by atoms with E-state index in [1.807, 2.05) is 20.8 Å². The SMILES string of the molecule is CCOC(=O)CCC/C=C/C(=O)OC(C)(C)C. The maximum absolute atomic E-state index is 11.3. The Morgan fingerprint density at radius 3 is 2.41 bits per heavy atom. The molecule has 17 heavy (non-hydrogen) atoms. The smallest absolute Gasteiger partial charge is 0.330 e. The third-order valence-corrected chi connectivity index (χ3v) is 1.72. The van der Waals surface area contributed by atoms with Crippen LogP contribution in [0.1, 0.15) is 47.0 Å². The first-order valence-corrected chi connectivity index (χ1v) is 5.90. The second kappa shape index (κ2) is 7.87. The highest BCUT2D eigenvalue weighted by atomic mass is 16.6. The topological polar surface area (TPSA) is 52.6 Å². The molecule has 4 nitrogen and oxygen atoms in total. The summed E-state index contributed by atoms with van der Waals surface area (Å²) < 4.78 is 9.87. The number of carbonyl (C=O) groups is 2. The van der Waals surface area contributed by atoms with Gasteiger partial charge in [-0.1, -0.05) is 6.08 Å². The van der Waals surface area contributed by atoms with Crippen LogP contribution in [0.5, 0.6) is 0 Å². The number of unbranched alkanes of at least 4 members (excludes halogenated alkanes) is 1. The van der Waals surface area contributed by atoms with E-state index in [1.54, 1.807) is 13.0 Å². The molecule has 0 spiro atoms. The van der Waals surface area contributed by atoms with Crippen LogP contribution in [0.3, 0.4) is 0 Å². The fourth-order valence-corrected chi connectivity index (χ4v) is 1.11. The number of esters is 2. The maximum atomic E-state index is 11.3. The molecule has 0 atom stereocenters. The van der Waals surface area contributed by atoms with E-state index < -0.39 is 5.60 Å². The van der Waals surface area contributed by atoms with Crippen molar-refractivity contribution in [3.8, 4) is 0 Å². The molecule has 0 heterocycles. The van der Waals surface area contributed by atoms with Gasteiger partial charge in [0, 0.05) is 12.5 Å². The number of ether oxygens (including phenoxy) is 2. The Balaban J connectivity index is 3.67. The molecule has 98 valence electrons. The van der Waals surface area contributed by atoms with E-state index in [2.05, 4.69) is 0 Å². The Bertz CT molecular complexity index is 274. The number of rotatable bonds is 6. The van der Waals surface area contributed by atoms with E-state index in [0.29, 0.717) is 25.9 Å². The zero-order chi connectivity index (χ0) is 13.3. The summed E-state index contributed by atoms with van der Waals surface area (Å²) in [4.78, 5) is 22.2. The Hall–Kier alpha value is -1.32. The summed E-state index contributed by atoms with van der Waals surface area (Å²) >= 11 is 0. The number of hydrogen-bond acceptors (Lipinski definition) is 4. The Labute approximate surface area is 103 Å². The van der Waals surface area contributed by atoms with Gasteiger partial charge in [-0.05, 0) is 40.5 Å². The van der Waals surface area contributed by atoms with Crippen molar-refractivity contribution >= 4 is 11.9 Å². The second-order valence-electron chi connectivity index (χ2n) is 4.63. The highest BCUT2D eigenvalue weighted by molar-refractivity contribution is 5.82. The third kappa shape index (κ3) is 11.0. The minimum Gasteiger partial charge on any atom is -0.466 e. The molecule has 0 radical (unpaired) electrons. The molecule has 0 aliphatic rings. The van der Waals surface area contributed by atoms with Crippen LogP contribution in [0, 0.1) is 0 Å². The van der Waals surface area contributed by atoms with E-state index in [4.69, 9.17) is 9.47 Å². The van der Waals surface area contributed by atoms with Crippen LogP contribution in [-0.2, 0) is 19.1 Å². The summed E-state index contributed by atoms with van der Waals surface area (Å²) in [5.74, 6) is -0.549. The van der Waals surface area contributed by atoms with Crippen LogP contribution in [0.4, 0.5) is 0 Å². The van der Waals surface area contributed by atoms with Crippen molar-refractivity contribution in [2.75, 3.05) is 6.61 Å². The van der Waals surface area contributed by atoms with Crippen LogP contribution >= 0.6 is 0 Å². The summed E-state index contributed by atoms with van der Waals surface area (Å²) in [5.41, 5.74) is -0.466. The lowest BCUT2D eigenvalue weighted by atomic mass is 10.2. The lowest BCUT2D eigenvalue weighted by molar-refractivity contribution is -0.148. The molecular formula is C13H22O4. The van der Waals surface area contributed by atoms with Crippen molar-refractivity contribution in [3.63, 3.8) is 0 Å². The van der Waals surface area contributed by atoms with Crippen LogP contribution in [-0.4, -0.2) is 24.1 Å². The van der Waals surface area contributed by atoms with E-state index in [1.165, 1.54) is 6.08 Å². The van der Waals surface area contributed by atoms with E-state index >= 15 is 0 Å². The average Bonchev–Trinajstić information content (AvgIpc) is 2.14. The van der Waals surface area contributed by atoms with Crippen molar-refractivity contribution in [3.05, 3.63) is 12.2 Å². The molecule has 0 amide bonds. The first kappa shape index (κ1) is 15.7. The van der Waals surface area contributed by atoms with Crippen LogP contribution in [0.25, 0.3) is 0 Å². The maximum Gasteiger partial charge on any atom is 0.330 e. The summed E-state index contributed by atoms with van der Waals surface area (Å²) in [6, 6.07) is 0. The van der Waals surface area contributed by atoms with Gasteiger partial charge in [0.15, 0.2) is 0 Å². The van der Waals surface area contributed by atoms with Gasteiger partial charge in [0.25, 0.3) is 0 Å². The summed E-state index contributed by atoms with van der Waals surface area (Å²) in [6.07, 6.45) is 4.84. The summed E-state index contributed by atoms with van der Waals surface area (Å²) in [5, 5.41) is 0. The predicted octanol–water partition coefficient (Wildman–Crippen LogP) is 2.62. The zero-order valence-electron chi connectivity index (χ0n) is 11.1. The first-order chi connectivity index (χ1) is 7.85. The monoisotopic (exact) mass is 242 g/mol. The normalized spacial score (nSPS) is 11.5. The van der Waals surface area contributed by atoms with Gasteiger partial charge in [-0.25, -0.2) is 4.79 Å². The number of carbonyl (C=O) groups excluding carboxylic acids is 2. The van der Waals surface area contributed by atoms with Gasteiger partial charge in [-0.2, -0.15) is 0 Å². The van der Waals surface area contributed by atoms with Crippen LogP contribution in [0.15, 0.2) is 12.2 Å². The third-order valence-electron chi connectivity index (χ3n) is 1.72. The largest absolute Gasteiger partial charge is 0.466 e. The van der Waals surface area contributed by atoms with Gasteiger partial charge in [-0.3, -0.25) is 4.79 Å². The Kier molecular flexibility index (Phi) is 7.26. The average molecular weight is 242 g/mol. The van der Waals surface area contributed by atoms with Gasteiger partial charge in [-0.15, -0.1) is 0 Å². The summed E-state index contributed by atoms with van der Waals surface area (Å²) in [6.45, 7) is 7.64. The van der Waals surface area contributed by atoms with Crippen LogP contribution < -0.4 is 0 Å². The van der Waals surface area contributed by atoms with E-state index in [0.717, 1.165) is 0 Å². The molecule has 0 aliphatic heterocycles. The zero-order valence-corrected chi connectivity index (χ0v) is 11.1. The number of allylic oxidation sites excluding steroid dienone is 1. The first-order valence-electron chi connectivity index (χ1n) is 5.90. The molecule has 0 saturated heterocycles. The van der Waals surface area contributed by atoms with Crippen LogP contribution in [0.2, 0.25) is 0 Å². The molecule has 4 heteroatoms. The van der Waals surface area contributed by atoms with E-state index in [9.17, 15) is 9.59 Å². The lowest BCUT2D eigenvalue weighted by Crippen LogP contribution is -2.22. The number of hydrogen-bond donors (Lipinski definition) is 0. The highest BCUT2D eigenvalue weighted by Gasteiger charge is 2.13. The van der Waals surface area contributed by atoms with Gasteiger partial charge in [0.2, 0.25) is 0 Å². The van der Waals surface area contributed by atoms with Gasteiger partial charge >= 0.3 is 11.9 Å². The molecule has 0 bridgehead atoms. The molecule has 0 aromatic heterocycles. The standard InChI is InChI=1S/C13H22O4/c1-5-16-11(14)9-7-6-8-10-12(15)17-13(2,3)4/h8,10H,5-7,9H2,1-4H3/b10-8+. The minimum atomic E-state index is -0.466. The molecule has 0 aliphatic carbocycles. The van der Waals surface area contributed by atoms with Crippen molar-refractivity contribution in [2.45, 2.75) is 52.6 Å². The second-order valence-corrected chi connectivity index (χ2v) is 4.63. The molecule has 0 N–H and O–H groups in total. The van der Waals surface area contributed by atoms with Gasteiger partial charge < -0.3 is 9.47 Å². The van der Waals surface area contributed by atoms with Crippen molar-refractivity contribution in [1.82, 2.24) is 0 Å². The molecular weight excluding hydrogens is 220 g/mol. The van der Waals surface area contributed by atoms with Gasteiger partial charge in [0.1, 0.15) is 5.60 Å². The lowest BCUT2D eigenvalue weighted by Gasteiger charge is -2.17. The molecule has 0 aromatic carbocycles. The fourth-order valence-electron chi connectivity index (χ4n) is 1.11. The minimum absolute atomic E-state index is 0.196. The molecule has 0 saturated carbocycles. The fraction of sp³-hybridized carbons (Fsp3) is 0.692. The molecule has 0 fully saturated rings. The predicted molar refractivity (Wildman–Crippen MR) is 65.5 cm³/mol. The molecule has 0 aromatic rings.